The van der Waals surface area contributed by atoms with Gasteiger partial charge in [-0.2, -0.15) is 0 Å². The molecule has 1 fully saturated rings. The number of halogens is 5. The summed E-state index contributed by atoms with van der Waals surface area (Å²) in [6.07, 6.45) is -0.168. The van der Waals surface area contributed by atoms with E-state index in [4.69, 9.17) is 11.6 Å². The third-order valence-electron chi connectivity index (χ3n) is 2.76. The van der Waals surface area contributed by atoms with E-state index in [0.717, 1.165) is 0 Å². The molecule has 1 aliphatic heterocycles. The van der Waals surface area contributed by atoms with E-state index in [1.807, 2.05) is 0 Å². The molecule has 0 amide bonds. The Labute approximate surface area is 111 Å². The SMILES string of the molecule is Fc1c(CN2CCC(F)(F)C2)ccc(Br)c1Cl. The van der Waals surface area contributed by atoms with Crippen LogP contribution in [-0.4, -0.2) is 23.9 Å². The summed E-state index contributed by atoms with van der Waals surface area (Å²) >= 11 is 8.84. The van der Waals surface area contributed by atoms with E-state index in [-0.39, 0.29) is 31.1 Å². The van der Waals surface area contributed by atoms with E-state index in [2.05, 4.69) is 15.9 Å². The van der Waals surface area contributed by atoms with Crippen molar-refractivity contribution in [2.75, 3.05) is 13.1 Å². The van der Waals surface area contributed by atoms with Gasteiger partial charge in [-0.3, -0.25) is 4.90 Å². The van der Waals surface area contributed by atoms with Crippen molar-refractivity contribution in [2.45, 2.75) is 18.9 Å². The molecule has 1 aromatic carbocycles. The molecule has 0 bridgehead atoms. The van der Waals surface area contributed by atoms with Crippen molar-refractivity contribution in [1.29, 1.82) is 0 Å². The van der Waals surface area contributed by atoms with E-state index >= 15 is 0 Å². The Kier molecular flexibility index (Phi) is 3.71. The topological polar surface area (TPSA) is 3.24 Å². The molecule has 6 heteroatoms. The lowest BCUT2D eigenvalue weighted by Gasteiger charge is -2.16. The quantitative estimate of drug-likeness (QED) is 0.739. The highest BCUT2D eigenvalue weighted by Gasteiger charge is 2.38. The van der Waals surface area contributed by atoms with Gasteiger partial charge >= 0.3 is 0 Å². The van der Waals surface area contributed by atoms with Crippen molar-refractivity contribution in [1.82, 2.24) is 4.90 Å². The summed E-state index contributed by atoms with van der Waals surface area (Å²) in [6, 6.07) is 3.18. The molecule has 17 heavy (non-hydrogen) atoms. The molecule has 0 atom stereocenters. The monoisotopic (exact) mass is 327 g/mol. The van der Waals surface area contributed by atoms with Crippen LogP contribution in [0.3, 0.4) is 0 Å². The number of hydrogen-bond acceptors (Lipinski definition) is 1. The predicted molar refractivity (Wildman–Crippen MR) is 64.0 cm³/mol. The van der Waals surface area contributed by atoms with Gasteiger partial charge < -0.3 is 0 Å². The molecule has 1 aromatic rings. The van der Waals surface area contributed by atoms with Crippen molar-refractivity contribution in [3.05, 3.63) is 33.0 Å². The maximum Gasteiger partial charge on any atom is 0.261 e. The van der Waals surface area contributed by atoms with E-state index in [0.29, 0.717) is 10.0 Å². The molecule has 2 rings (SSSR count). The zero-order chi connectivity index (χ0) is 12.6. The Morgan fingerprint density at radius 2 is 2.12 bits per heavy atom. The Hall–Kier alpha value is -0.260. The van der Waals surface area contributed by atoms with Crippen LogP contribution in [0.15, 0.2) is 16.6 Å². The molecule has 0 aromatic heterocycles. The minimum atomic E-state index is -2.66. The molecule has 1 heterocycles. The summed E-state index contributed by atoms with van der Waals surface area (Å²) < 4.78 is 40.1. The van der Waals surface area contributed by atoms with Crippen LogP contribution in [0, 0.1) is 5.82 Å². The second-order valence-electron chi connectivity index (χ2n) is 4.15. The molecule has 0 unspecified atom stereocenters. The fourth-order valence-electron chi connectivity index (χ4n) is 1.87. The van der Waals surface area contributed by atoms with Gasteiger partial charge in [-0.05, 0) is 22.0 Å². The van der Waals surface area contributed by atoms with Gasteiger partial charge in [0.2, 0.25) is 0 Å². The van der Waals surface area contributed by atoms with Crippen molar-refractivity contribution >= 4 is 27.5 Å². The number of hydrogen-bond donors (Lipinski definition) is 0. The molecule has 0 spiro atoms. The van der Waals surface area contributed by atoms with Gasteiger partial charge in [0, 0.05) is 29.5 Å². The smallest absolute Gasteiger partial charge is 0.261 e. The Morgan fingerprint density at radius 1 is 1.41 bits per heavy atom. The largest absolute Gasteiger partial charge is 0.293 e. The van der Waals surface area contributed by atoms with Crippen LogP contribution >= 0.6 is 27.5 Å². The maximum absolute atomic E-state index is 13.7. The molecule has 0 N–H and O–H groups in total. The molecular formula is C11H10BrClF3N. The van der Waals surface area contributed by atoms with E-state index in [1.165, 1.54) is 4.90 Å². The van der Waals surface area contributed by atoms with Crippen LogP contribution in [0.1, 0.15) is 12.0 Å². The Morgan fingerprint density at radius 3 is 2.71 bits per heavy atom. The summed E-state index contributed by atoms with van der Waals surface area (Å²) in [7, 11) is 0. The molecule has 1 nitrogen and oxygen atoms in total. The van der Waals surface area contributed by atoms with Gasteiger partial charge in [-0.25, -0.2) is 13.2 Å². The van der Waals surface area contributed by atoms with Crippen molar-refractivity contribution in [3.8, 4) is 0 Å². The van der Waals surface area contributed by atoms with Gasteiger partial charge in [-0.15, -0.1) is 0 Å². The average Bonchev–Trinajstić information content (AvgIpc) is 2.59. The zero-order valence-electron chi connectivity index (χ0n) is 8.82. The summed E-state index contributed by atoms with van der Waals surface area (Å²) in [4.78, 5) is 1.53. The van der Waals surface area contributed by atoms with E-state index < -0.39 is 11.7 Å². The maximum atomic E-state index is 13.7. The van der Waals surface area contributed by atoms with Crippen LogP contribution in [-0.2, 0) is 6.54 Å². The lowest BCUT2D eigenvalue weighted by molar-refractivity contribution is 0.0114. The third kappa shape index (κ3) is 2.95. The standard InChI is InChI=1S/C11H10BrClF3N/c12-8-2-1-7(10(14)9(8)13)5-17-4-3-11(15,16)6-17/h1-2H,3-6H2. The third-order valence-corrected chi connectivity index (χ3v) is 4.02. The second kappa shape index (κ2) is 4.78. The molecule has 1 aliphatic rings. The number of likely N-dealkylation sites (tertiary alicyclic amines) is 1. The van der Waals surface area contributed by atoms with Crippen LogP contribution in [0.5, 0.6) is 0 Å². The average molecular weight is 329 g/mol. The highest BCUT2D eigenvalue weighted by Crippen LogP contribution is 2.31. The zero-order valence-corrected chi connectivity index (χ0v) is 11.2. The molecular weight excluding hydrogens is 318 g/mol. The minimum absolute atomic E-state index is 0.00606. The van der Waals surface area contributed by atoms with Crippen molar-refractivity contribution < 1.29 is 13.2 Å². The highest BCUT2D eigenvalue weighted by atomic mass is 79.9. The van der Waals surface area contributed by atoms with Gasteiger partial charge in [0.1, 0.15) is 5.82 Å². The Bertz CT molecular complexity index is 439. The fourth-order valence-corrected chi connectivity index (χ4v) is 2.36. The summed E-state index contributed by atoms with van der Waals surface area (Å²) in [5.74, 6) is -3.20. The fraction of sp³-hybridized carbons (Fsp3) is 0.455. The van der Waals surface area contributed by atoms with Gasteiger partial charge in [0.15, 0.2) is 0 Å². The molecule has 94 valence electrons. The lowest BCUT2D eigenvalue weighted by atomic mass is 10.2. The number of rotatable bonds is 2. The van der Waals surface area contributed by atoms with Gasteiger partial charge in [0.25, 0.3) is 5.92 Å². The summed E-state index contributed by atoms with van der Waals surface area (Å²) in [5, 5.41) is -0.00606. The van der Waals surface area contributed by atoms with E-state index in [9.17, 15) is 13.2 Å². The first kappa shape index (κ1) is 13.2. The summed E-state index contributed by atoms with van der Waals surface area (Å²) in [5.41, 5.74) is 0.343. The predicted octanol–water partition coefficient (Wildman–Crippen LogP) is 4.08. The normalized spacial score (nSPS) is 19.8. The highest BCUT2D eigenvalue weighted by molar-refractivity contribution is 9.10. The second-order valence-corrected chi connectivity index (χ2v) is 5.38. The van der Waals surface area contributed by atoms with Crippen molar-refractivity contribution in [3.63, 3.8) is 0 Å². The van der Waals surface area contributed by atoms with Crippen LogP contribution in [0.4, 0.5) is 13.2 Å². The van der Waals surface area contributed by atoms with Crippen LogP contribution < -0.4 is 0 Å². The molecule has 1 saturated heterocycles. The molecule has 0 radical (unpaired) electrons. The van der Waals surface area contributed by atoms with Gasteiger partial charge in [-0.1, -0.05) is 17.7 Å². The van der Waals surface area contributed by atoms with Crippen molar-refractivity contribution in [2.24, 2.45) is 0 Å². The summed E-state index contributed by atoms with van der Waals surface area (Å²) in [6.45, 7) is 0.120. The lowest BCUT2D eigenvalue weighted by Crippen LogP contribution is -2.25. The number of nitrogens with zero attached hydrogens (tertiary/aromatic N) is 1. The molecule has 0 saturated carbocycles. The van der Waals surface area contributed by atoms with Gasteiger partial charge in [0.05, 0.1) is 11.6 Å². The first-order valence-corrected chi connectivity index (χ1v) is 6.29. The first-order chi connectivity index (χ1) is 7.89. The minimum Gasteiger partial charge on any atom is -0.293 e. The van der Waals surface area contributed by atoms with Crippen LogP contribution in [0.25, 0.3) is 0 Å². The Balaban J connectivity index is 2.13. The number of benzene rings is 1. The van der Waals surface area contributed by atoms with Crippen LogP contribution in [0.2, 0.25) is 5.02 Å². The van der Waals surface area contributed by atoms with E-state index in [1.54, 1.807) is 12.1 Å². The molecule has 0 aliphatic carbocycles. The first-order valence-electron chi connectivity index (χ1n) is 5.11. The number of alkyl halides is 2.